The van der Waals surface area contributed by atoms with Crippen LogP contribution in [0.15, 0.2) is 66.7 Å². The van der Waals surface area contributed by atoms with E-state index in [1.165, 1.54) is 4.90 Å². The number of nitrogens with one attached hydrogen (secondary N) is 1. The average Bonchev–Trinajstić information content (AvgIpc) is 3.05. The van der Waals surface area contributed by atoms with Crippen molar-refractivity contribution in [2.45, 2.75) is 19.9 Å². The van der Waals surface area contributed by atoms with E-state index >= 15 is 0 Å². The molecule has 0 unspecified atom stereocenters. The molecule has 3 aromatic carbocycles. The number of imide groups is 1. The standard InChI is InChI=1S/C26H24N2O4/c1-17-7-12-23(32-2)20(15-17)13-14-27-24(29)19-10-8-18(9-11-19)16-28-25(30)21-5-3-4-6-22(21)26(28)31/h3-12,15H,13-14,16H2,1-2H3,(H,27,29). The van der Waals surface area contributed by atoms with Gasteiger partial charge in [-0.2, -0.15) is 0 Å². The Bertz CT molecular complexity index is 1150. The van der Waals surface area contributed by atoms with Gasteiger partial charge in [-0.25, -0.2) is 0 Å². The normalized spacial score (nSPS) is 12.6. The number of rotatable bonds is 7. The molecule has 1 aliphatic heterocycles. The molecule has 1 aliphatic rings. The van der Waals surface area contributed by atoms with E-state index in [0.29, 0.717) is 29.7 Å². The Morgan fingerprint density at radius 3 is 2.22 bits per heavy atom. The van der Waals surface area contributed by atoms with Crippen molar-refractivity contribution in [3.63, 3.8) is 0 Å². The molecule has 0 atom stereocenters. The third-order valence-electron chi connectivity index (χ3n) is 5.55. The lowest BCUT2D eigenvalue weighted by molar-refractivity contribution is 0.0641. The summed E-state index contributed by atoms with van der Waals surface area (Å²) in [6.07, 6.45) is 0.661. The second-order valence-electron chi connectivity index (χ2n) is 7.76. The highest BCUT2D eigenvalue weighted by molar-refractivity contribution is 6.21. The monoisotopic (exact) mass is 428 g/mol. The van der Waals surface area contributed by atoms with E-state index in [1.807, 2.05) is 19.1 Å². The highest BCUT2D eigenvalue weighted by Crippen LogP contribution is 2.24. The van der Waals surface area contributed by atoms with Crippen LogP contribution < -0.4 is 10.1 Å². The molecule has 1 heterocycles. The maximum Gasteiger partial charge on any atom is 0.261 e. The van der Waals surface area contributed by atoms with Crippen molar-refractivity contribution in [3.05, 3.63) is 100 Å². The van der Waals surface area contributed by atoms with Crippen LogP contribution in [0.3, 0.4) is 0 Å². The van der Waals surface area contributed by atoms with E-state index < -0.39 is 0 Å². The van der Waals surface area contributed by atoms with Crippen LogP contribution in [-0.2, 0) is 13.0 Å². The smallest absolute Gasteiger partial charge is 0.261 e. The second-order valence-corrected chi connectivity index (χ2v) is 7.76. The van der Waals surface area contributed by atoms with Gasteiger partial charge in [0.2, 0.25) is 0 Å². The first kappa shape index (κ1) is 21.3. The van der Waals surface area contributed by atoms with Crippen LogP contribution in [0.2, 0.25) is 0 Å². The fourth-order valence-electron chi connectivity index (χ4n) is 3.84. The van der Waals surface area contributed by atoms with Crippen LogP contribution in [0.4, 0.5) is 0 Å². The van der Waals surface area contributed by atoms with Crippen molar-refractivity contribution >= 4 is 17.7 Å². The molecule has 0 aromatic heterocycles. The van der Waals surface area contributed by atoms with Crippen LogP contribution in [0.25, 0.3) is 0 Å². The van der Waals surface area contributed by atoms with Crippen LogP contribution in [-0.4, -0.2) is 36.3 Å². The second kappa shape index (κ2) is 9.06. The van der Waals surface area contributed by atoms with Gasteiger partial charge in [0, 0.05) is 12.1 Å². The SMILES string of the molecule is COc1ccc(C)cc1CCNC(=O)c1ccc(CN2C(=O)c3ccccc3C2=O)cc1. The number of hydrogen-bond acceptors (Lipinski definition) is 4. The van der Waals surface area contributed by atoms with Crippen molar-refractivity contribution in [2.24, 2.45) is 0 Å². The van der Waals surface area contributed by atoms with Crippen molar-refractivity contribution in [3.8, 4) is 5.75 Å². The topological polar surface area (TPSA) is 75.7 Å². The predicted octanol–water partition coefficient (Wildman–Crippen LogP) is 3.77. The Kier molecular flexibility index (Phi) is 6.03. The molecule has 1 N–H and O–H groups in total. The summed E-state index contributed by atoms with van der Waals surface area (Å²) in [7, 11) is 1.64. The molecule has 0 bridgehead atoms. The van der Waals surface area contributed by atoms with E-state index in [0.717, 1.165) is 22.4 Å². The zero-order chi connectivity index (χ0) is 22.7. The van der Waals surface area contributed by atoms with Gasteiger partial charge in [-0.3, -0.25) is 19.3 Å². The Morgan fingerprint density at radius 1 is 0.938 bits per heavy atom. The van der Waals surface area contributed by atoms with Gasteiger partial charge in [0.05, 0.1) is 24.8 Å². The summed E-state index contributed by atoms with van der Waals surface area (Å²) in [5, 5.41) is 2.92. The van der Waals surface area contributed by atoms with Gasteiger partial charge in [0.25, 0.3) is 17.7 Å². The molecule has 0 fully saturated rings. The number of carbonyl (C=O) groups is 3. The number of aryl methyl sites for hydroxylation is 1. The van der Waals surface area contributed by atoms with Crippen LogP contribution in [0, 0.1) is 6.92 Å². The van der Waals surface area contributed by atoms with Crippen LogP contribution in [0.5, 0.6) is 5.75 Å². The number of fused-ring (bicyclic) bond motifs is 1. The van der Waals surface area contributed by atoms with Gasteiger partial charge in [-0.05, 0) is 54.8 Å². The maximum absolute atomic E-state index is 12.5. The van der Waals surface area contributed by atoms with Gasteiger partial charge in [-0.1, -0.05) is 42.0 Å². The third-order valence-corrected chi connectivity index (χ3v) is 5.55. The molecule has 0 aliphatic carbocycles. The highest BCUT2D eigenvalue weighted by atomic mass is 16.5. The van der Waals surface area contributed by atoms with Gasteiger partial charge in [0.1, 0.15) is 5.75 Å². The Morgan fingerprint density at radius 2 is 1.59 bits per heavy atom. The minimum atomic E-state index is -0.293. The lowest BCUT2D eigenvalue weighted by atomic mass is 10.1. The largest absolute Gasteiger partial charge is 0.496 e. The van der Waals surface area contributed by atoms with E-state index in [9.17, 15) is 14.4 Å². The third kappa shape index (κ3) is 4.25. The summed E-state index contributed by atoms with van der Waals surface area (Å²) >= 11 is 0. The number of ether oxygens (including phenoxy) is 1. The molecule has 162 valence electrons. The number of benzene rings is 3. The lowest BCUT2D eigenvalue weighted by Gasteiger charge is -2.14. The first-order valence-electron chi connectivity index (χ1n) is 10.4. The summed E-state index contributed by atoms with van der Waals surface area (Å²) in [6, 6.07) is 19.7. The Balaban J connectivity index is 1.35. The number of hydrogen-bond donors (Lipinski definition) is 1. The van der Waals surface area contributed by atoms with Crippen molar-refractivity contribution in [1.29, 1.82) is 0 Å². The quantitative estimate of drug-likeness (QED) is 0.581. The van der Waals surface area contributed by atoms with E-state index in [1.54, 1.807) is 55.6 Å². The minimum absolute atomic E-state index is 0.168. The molecule has 4 rings (SSSR count). The molecule has 3 amide bonds. The molecule has 0 radical (unpaired) electrons. The molecular formula is C26H24N2O4. The zero-order valence-electron chi connectivity index (χ0n) is 18.1. The van der Waals surface area contributed by atoms with E-state index in [4.69, 9.17) is 4.74 Å². The van der Waals surface area contributed by atoms with Crippen molar-refractivity contribution in [2.75, 3.05) is 13.7 Å². The molecule has 6 nitrogen and oxygen atoms in total. The number of carbonyl (C=O) groups excluding carboxylic acids is 3. The maximum atomic E-state index is 12.5. The number of amides is 3. The highest BCUT2D eigenvalue weighted by Gasteiger charge is 2.34. The summed E-state index contributed by atoms with van der Waals surface area (Å²) in [5.74, 6) is 0.0456. The summed E-state index contributed by atoms with van der Waals surface area (Å²) in [6.45, 7) is 2.67. The molecule has 3 aromatic rings. The zero-order valence-corrected chi connectivity index (χ0v) is 18.1. The molecule has 0 spiro atoms. The fraction of sp³-hybridized carbons (Fsp3) is 0.192. The molecule has 0 saturated carbocycles. The summed E-state index contributed by atoms with van der Waals surface area (Å²) in [5.41, 5.74) is 4.34. The summed E-state index contributed by atoms with van der Waals surface area (Å²) in [4.78, 5) is 38.8. The van der Waals surface area contributed by atoms with Gasteiger partial charge in [-0.15, -0.1) is 0 Å². The summed E-state index contributed by atoms with van der Waals surface area (Å²) < 4.78 is 5.38. The molecule has 32 heavy (non-hydrogen) atoms. The first-order valence-corrected chi connectivity index (χ1v) is 10.4. The van der Waals surface area contributed by atoms with Gasteiger partial charge in [0.15, 0.2) is 0 Å². The molecular weight excluding hydrogens is 404 g/mol. The van der Waals surface area contributed by atoms with Gasteiger partial charge < -0.3 is 10.1 Å². The fourth-order valence-corrected chi connectivity index (χ4v) is 3.84. The minimum Gasteiger partial charge on any atom is -0.496 e. The number of nitrogens with zero attached hydrogens (tertiary/aromatic N) is 1. The Labute approximate surface area is 186 Å². The average molecular weight is 428 g/mol. The van der Waals surface area contributed by atoms with E-state index in [-0.39, 0.29) is 24.3 Å². The van der Waals surface area contributed by atoms with Crippen molar-refractivity contribution < 1.29 is 19.1 Å². The lowest BCUT2D eigenvalue weighted by Crippen LogP contribution is -2.29. The van der Waals surface area contributed by atoms with Gasteiger partial charge >= 0.3 is 0 Å². The van der Waals surface area contributed by atoms with Crippen LogP contribution >= 0.6 is 0 Å². The van der Waals surface area contributed by atoms with Crippen LogP contribution in [0.1, 0.15) is 47.8 Å². The molecule has 6 heteroatoms. The first-order chi connectivity index (χ1) is 15.5. The molecule has 0 saturated heterocycles. The predicted molar refractivity (Wildman–Crippen MR) is 121 cm³/mol. The van der Waals surface area contributed by atoms with E-state index in [2.05, 4.69) is 11.4 Å². The Hall–Kier alpha value is -3.93. The van der Waals surface area contributed by atoms with Crippen molar-refractivity contribution in [1.82, 2.24) is 10.2 Å². The number of methoxy groups -OCH3 is 1.